The van der Waals surface area contributed by atoms with Crippen LogP contribution in [0.1, 0.15) is 65.7 Å². The normalized spacial score (nSPS) is 36.1. The van der Waals surface area contributed by atoms with Gasteiger partial charge in [-0.05, 0) is 56.3 Å². The monoisotopic (exact) mass is 206 g/mol. The lowest BCUT2D eigenvalue weighted by Crippen LogP contribution is -2.34. The second-order valence-electron chi connectivity index (χ2n) is 6.43. The summed E-state index contributed by atoms with van der Waals surface area (Å²) in [6, 6.07) is 0. The average molecular weight is 206 g/mol. The van der Waals surface area contributed by atoms with E-state index in [1.54, 1.807) is 5.57 Å². The third-order valence-electron chi connectivity index (χ3n) is 4.84. The van der Waals surface area contributed by atoms with Crippen LogP contribution in [0.25, 0.3) is 0 Å². The van der Waals surface area contributed by atoms with Crippen LogP contribution in [0.3, 0.4) is 0 Å². The summed E-state index contributed by atoms with van der Waals surface area (Å²) in [5.41, 5.74) is 2.24. The van der Waals surface area contributed by atoms with Gasteiger partial charge in [0.05, 0.1) is 0 Å². The molecule has 1 saturated carbocycles. The molecular formula is C15H26. The largest absolute Gasteiger partial charge is 0.0853 e. The molecule has 86 valence electrons. The SMILES string of the molecule is CC1=CCC(C2CCCCC2(C)C)CC1. The van der Waals surface area contributed by atoms with E-state index in [4.69, 9.17) is 0 Å². The van der Waals surface area contributed by atoms with Crippen molar-refractivity contribution in [3.05, 3.63) is 11.6 Å². The molecule has 0 nitrogen and oxygen atoms in total. The predicted octanol–water partition coefficient (Wildman–Crippen LogP) is 4.95. The maximum absolute atomic E-state index is 2.50. The average Bonchev–Trinajstić information content (AvgIpc) is 2.19. The highest BCUT2D eigenvalue weighted by molar-refractivity contribution is 5.05. The highest BCUT2D eigenvalue weighted by Gasteiger charge is 2.37. The Morgan fingerprint density at radius 2 is 2.00 bits per heavy atom. The van der Waals surface area contributed by atoms with Gasteiger partial charge in [-0.15, -0.1) is 0 Å². The molecule has 0 N–H and O–H groups in total. The van der Waals surface area contributed by atoms with E-state index in [0.717, 1.165) is 11.8 Å². The molecule has 0 aromatic rings. The van der Waals surface area contributed by atoms with Gasteiger partial charge in [0, 0.05) is 0 Å². The summed E-state index contributed by atoms with van der Waals surface area (Å²) in [6.45, 7) is 7.30. The summed E-state index contributed by atoms with van der Waals surface area (Å²) >= 11 is 0. The maximum atomic E-state index is 2.50. The number of hydrogen-bond donors (Lipinski definition) is 0. The number of allylic oxidation sites excluding steroid dienone is 2. The number of rotatable bonds is 1. The Balaban J connectivity index is 2.03. The van der Waals surface area contributed by atoms with Crippen molar-refractivity contribution >= 4 is 0 Å². The van der Waals surface area contributed by atoms with Crippen LogP contribution in [-0.2, 0) is 0 Å². The van der Waals surface area contributed by atoms with Gasteiger partial charge in [0.2, 0.25) is 0 Å². The second kappa shape index (κ2) is 4.31. The van der Waals surface area contributed by atoms with Crippen molar-refractivity contribution in [3.8, 4) is 0 Å². The van der Waals surface area contributed by atoms with Crippen LogP contribution in [0.2, 0.25) is 0 Å². The molecule has 2 atom stereocenters. The highest BCUT2D eigenvalue weighted by Crippen LogP contribution is 2.47. The zero-order valence-electron chi connectivity index (χ0n) is 10.7. The van der Waals surface area contributed by atoms with Crippen LogP contribution < -0.4 is 0 Å². The molecular weight excluding hydrogens is 180 g/mol. The Kier molecular flexibility index (Phi) is 3.23. The molecule has 0 radical (unpaired) electrons. The van der Waals surface area contributed by atoms with Crippen LogP contribution in [0, 0.1) is 17.3 Å². The maximum Gasteiger partial charge on any atom is -0.0317 e. The van der Waals surface area contributed by atoms with Gasteiger partial charge < -0.3 is 0 Å². The molecule has 0 aliphatic heterocycles. The van der Waals surface area contributed by atoms with Gasteiger partial charge in [-0.1, -0.05) is 38.3 Å². The fourth-order valence-electron chi connectivity index (χ4n) is 3.75. The molecule has 0 spiro atoms. The quantitative estimate of drug-likeness (QED) is 0.532. The van der Waals surface area contributed by atoms with Gasteiger partial charge >= 0.3 is 0 Å². The third kappa shape index (κ3) is 2.46. The lowest BCUT2D eigenvalue weighted by molar-refractivity contribution is 0.0754. The summed E-state index contributed by atoms with van der Waals surface area (Å²) in [7, 11) is 0. The molecule has 2 aliphatic carbocycles. The van der Waals surface area contributed by atoms with Crippen molar-refractivity contribution in [2.45, 2.75) is 65.7 Å². The molecule has 0 aromatic heterocycles. The molecule has 0 amide bonds. The standard InChI is InChI=1S/C15H26/c1-12-7-9-13(10-8-12)14-6-4-5-11-15(14,2)3/h7,13-14H,4-6,8-11H2,1-3H3. The van der Waals surface area contributed by atoms with Crippen LogP contribution in [0.4, 0.5) is 0 Å². The van der Waals surface area contributed by atoms with Gasteiger partial charge in [0.1, 0.15) is 0 Å². The Labute approximate surface area is 95.1 Å². The van der Waals surface area contributed by atoms with Crippen LogP contribution >= 0.6 is 0 Å². The number of hydrogen-bond acceptors (Lipinski definition) is 0. The van der Waals surface area contributed by atoms with Crippen molar-refractivity contribution in [3.63, 3.8) is 0 Å². The third-order valence-corrected chi connectivity index (χ3v) is 4.84. The minimum atomic E-state index is 0.613. The molecule has 2 aliphatic rings. The first kappa shape index (κ1) is 11.2. The van der Waals surface area contributed by atoms with E-state index in [0.29, 0.717) is 5.41 Å². The minimum absolute atomic E-state index is 0.613. The lowest BCUT2D eigenvalue weighted by Gasteiger charge is -2.44. The molecule has 1 fully saturated rings. The first-order chi connectivity index (χ1) is 7.09. The molecule has 2 rings (SSSR count). The zero-order chi connectivity index (χ0) is 10.9. The van der Waals surface area contributed by atoms with Gasteiger partial charge in [0.25, 0.3) is 0 Å². The second-order valence-corrected chi connectivity index (χ2v) is 6.43. The molecule has 2 unspecified atom stereocenters. The van der Waals surface area contributed by atoms with E-state index in [2.05, 4.69) is 26.8 Å². The fraction of sp³-hybridized carbons (Fsp3) is 0.867. The summed E-state index contributed by atoms with van der Waals surface area (Å²) in [4.78, 5) is 0. The van der Waals surface area contributed by atoms with Crippen LogP contribution in [0.5, 0.6) is 0 Å². The van der Waals surface area contributed by atoms with Gasteiger partial charge in [-0.2, -0.15) is 0 Å². The minimum Gasteiger partial charge on any atom is -0.0853 e. The summed E-state index contributed by atoms with van der Waals surface area (Å²) < 4.78 is 0. The van der Waals surface area contributed by atoms with Crippen molar-refractivity contribution in [2.24, 2.45) is 17.3 Å². The van der Waals surface area contributed by atoms with Crippen molar-refractivity contribution in [1.29, 1.82) is 0 Å². The van der Waals surface area contributed by atoms with Gasteiger partial charge in [0.15, 0.2) is 0 Å². The van der Waals surface area contributed by atoms with Crippen molar-refractivity contribution in [2.75, 3.05) is 0 Å². The van der Waals surface area contributed by atoms with E-state index >= 15 is 0 Å². The Bertz CT molecular complexity index is 247. The first-order valence-electron chi connectivity index (χ1n) is 6.75. The Hall–Kier alpha value is -0.260. The van der Waals surface area contributed by atoms with Crippen molar-refractivity contribution in [1.82, 2.24) is 0 Å². The molecule has 0 heterocycles. The van der Waals surface area contributed by atoms with E-state index in [1.807, 2.05) is 0 Å². The van der Waals surface area contributed by atoms with Gasteiger partial charge in [-0.25, -0.2) is 0 Å². The summed E-state index contributed by atoms with van der Waals surface area (Å²) in [6.07, 6.45) is 12.6. The molecule has 0 heteroatoms. The highest BCUT2D eigenvalue weighted by atomic mass is 14.4. The summed E-state index contributed by atoms with van der Waals surface area (Å²) in [5.74, 6) is 1.99. The van der Waals surface area contributed by atoms with Crippen LogP contribution in [0.15, 0.2) is 11.6 Å². The Morgan fingerprint density at radius 3 is 2.60 bits per heavy atom. The van der Waals surface area contributed by atoms with Crippen molar-refractivity contribution < 1.29 is 0 Å². The molecule has 0 saturated heterocycles. The topological polar surface area (TPSA) is 0 Å². The van der Waals surface area contributed by atoms with E-state index in [9.17, 15) is 0 Å². The first-order valence-corrected chi connectivity index (χ1v) is 6.75. The smallest absolute Gasteiger partial charge is 0.0317 e. The van der Waals surface area contributed by atoms with Crippen LogP contribution in [-0.4, -0.2) is 0 Å². The fourth-order valence-corrected chi connectivity index (χ4v) is 3.75. The molecule has 15 heavy (non-hydrogen) atoms. The summed E-state index contributed by atoms with van der Waals surface area (Å²) in [5, 5.41) is 0. The van der Waals surface area contributed by atoms with E-state index < -0.39 is 0 Å². The lowest BCUT2D eigenvalue weighted by atomic mass is 9.61. The molecule has 0 bridgehead atoms. The zero-order valence-corrected chi connectivity index (χ0v) is 10.7. The predicted molar refractivity (Wildman–Crippen MR) is 66.8 cm³/mol. The van der Waals surface area contributed by atoms with Gasteiger partial charge in [-0.3, -0.25) is 0 Å². The Morgan fingerprint density at radius 1 is 1.20 bits per heavy atom. The van der Waals surface area contributed by atoms with E-state index in [1.165, 1.54) is 44.9 Å². The van der Waals surface area contributed by atoms with E-state index in [-0.39, 0.29) is 0 Å². The molecule has 0 aromatic carbocycles.